The molecule has 3 aromatic rings. The van der Waals surface area contributed by atoms with Gasteiger partial charge in [-0.2, -0.15) is 4.31 Å². The van der Waals surface area contributed by atoms with Gasteiger partial charge in [-0.1, -0.05) is 36.3 Å². The Kier molecular flexibility index (Phi) is 6.50. The summed E-state index contributed by atoms with van der Waals surface area (Å²) in [7, 11) is -2.28. The number of carbonyl (C=O) groups is 1. The summed E-state index contributed by atoms with van der Waals surface area (Å²) in [4.78, 5) is 12.5. The molecule has 1 amide bonds. The molecule has 2 aromatic carbocycles. The van der Waals surface area contributed by atoms with Crippen molar-refractivity contribution in [2.24, 2.45) is 0 Å². The predicted octanol–water partition coefficient (Wildman–Crippen LogP) is 3.02. The summed E-state index contributed by atoms with van der Waals surface area (Å²) in [6.07, 6.45) is 0.570. The van der Waals surface area contributed by atoms with Gasteiger partial charge in [0, 0.05) is 11.9 Å². The second-order valence-electron chi connectivity index (χ2n) is 6.46. The van der Waals surface area contributed by atoms with Gasteiger partial charge in [0.15, 0.2) is 5.58 Å². The van der Waals surface area contributed by atoms with E-state index in [2.05, 4.69) is 10.5 Å². The number of rotatable bonds is 9. The first-order chi connectivity index (χ1) is 13.9. The zero-order valence-electron chi connectivity index (χ0n) is 16.3. The third-order valence-electron chi connectivity index (χ3n) is 4.34. The number of fused-ring (bicyclic) bond motifs is 1. The fourth-order valence-corrected chi connectivity index (χ4v) is 4.48. The van der Waals surface area contributed by atoms with Crippen LogP contribution in [-0.4, -0.2) is 44.0 Å². The maximum absolute atomic E-state index is 13.0. The lowest BCUT2D eigenvalue weighted by Gasteiger charge is -2.21. The topological polar surface area (TPSA) is 102 Å². The van der Waals surface area contributed by atoms with Gasteiger partial charge in [0.05, 0.1) is 19.3 Å². The van der Waals surface area contributed by atoms with Gasteiger partial charge in [-0.05, 0) is 30.7 Å². The average molecular weight is 417 g/mol. The third kappa shape index (κ3) is 4.93. The smallest absolute Gasteiger partial charge is 0.239 e. The molecule has 0 unspecified atom stereocenters. The van der Waals surface area contributed by atoms with Crippen LogP contribution in [0.2, 0.25) is 0 Å². The van der Waals surface area contributed by atoms with Gasteiger partial charge in [0.25, 0.3) is 0 Å². The molecule has 8 nitrogen and oxygen atoms in total. The summed E-state index contributed by atoms with van der Waals surface area (Å²) in [6, 6.07) is 14.0. The number of nitrogens with one attached hydrogen (secondary N) is 1. The Balaban J connectivity index is 1.76. The summed E-state index contributed by atoms with van der Waals surface area (Å²) < 4.78 is 37.5. The van der Waals surface area contributed by atoms with Crippen LogP contribution < -0.4 is 10.1 Å². The van der Waals surface area contributed by atoms with Gasteiger partial charge in [-0.25, -0.2) is 8.42 Å². The molecule has 9 heteroatoms. The van der Waals surface area contributed by atoms with Crippen molar-refractivity contribution in [3.63, 3.8) is 0 Å². The number of nitrogens with zero attached hydrogens (tertiary/aromatic N) is 2. The fraction of sp³-hybridized carbons (Fsp3) is 0.300. The number of hydrogen-bond donors (Lipinski definition) is 1. The van der Waals surface area contributed by atoms with Gasteiger partial charge in [-0.15, -0.1) is 0 Å². The maximum Gasteiger partial charge on any atom is 0.239 e. The van der Waals surface area contributed by atoms with Gasteiger partial charge >= 0.3 is 0 Å². The van der Waals surface area contributed by atoms with Crippen molar-refractivity contribution < 1.29 is 22.5 Å². The molecule has 0 spiro atoms. The number of hydrogen-bond acceptors (Lipinski definition) is 6. The molecule has 0 aliphatic rings. The minimum atomic E-state index is -3.78. The summed E-state index contributed by atoms with van der Waals surface area (Å²) in [6.45, 7) is 1.77. The number of carbonyl (C=O) groups excluding carboxylic acids is 1. The highest BCUT2D eigenvalue weighted by Gasteiger charge is 2.27. The van der Waals surface area contributed by atoms with Crippen LogP contribution >= 0.6 is 0 Å². The molecule has 0 atom stereocenters. The molecular formula is C20H23N3O5S. The Morgan fingerprint density at radius 1 is 1.17 bits per heavy atom. The Morgan fingerprint density at radius 2 is 1.90 bits per heavy atom. The molecule has 0 saturated carbocycles. The van der Waals surface area contributed by atoms with E-state index in [4.69, 9.17) is 9.26 Å². The molecule has 1 heterocycles. The normalized spacial score (nSPS) is 11.7. The lowest BCUT2D eigenvalue weighted by molar-refractivity contribution is -0.116. The number of methoxy groups -OCH3 is 1. The monoisotopic (exact) mass is 417 g/mol. The van der Waals surface area contributed by atoms with Crippen molar-refractivity contribution in [3.8, 4) is 5.75 Å². The standard InChI is InChI=1S/C20H23N3O5S/c1-3-12-23(13-20(24)21-16-9-5-7-11-19(16)27-2)29(25,26)14-17-15-8-4-6-10-18(15)28-22-17/h4-11H,3,12-14H2,1-2H3,(H,21,24). The average Bonchev–Trinajstić information content (AvgIpc) is 3.10. The van der Waals surface area contributed by atoms with Crippen LogP contribution in [0.5, 0.6) is 5.75 Å². The maximum atomic E-state index is 13.0. The SMILES string of the molecule is CCCN(CC(=O)Nc1ccccc1OC)S(=O)(=O)Cc1noc2ccccc12. The number of benzene rings is 2. The number of amides is 1. The lowest BCUT2D eigenvalue weighted by atomic mass is 10.2. The van der Waals surface area contributed by atoms with Crippen LogP contribution in [0.25, 0.3) is 11.0 Å². The van der Waals surface area contributed by atoms with Gasteiger partial charge in [-0.3, -0.25) is 4.79 Å². The molecule has 1 aromatic heterocycles. The summed E-state index contributed by atoms with van der Waals surface area (Å²) in [5.41, 5.74) is 1.33. The molecule has 3 rings (SSSR count). The zero-order valence-corrected chi connectivity index (χ0v) is 17.1. The van der Waals surface area contributed by atoms with Crippen molar-refractivity contribution in [1.82, 2.24) is 9.46 Å². The highest BCUT2D eigenvalue weighted by molar-refractivity contribution is 7.88. The molecule has 1 N–H and O–H groups in total. The van der Waals surface area contributed by atoms with Crippen molar-refractivity contribution in [2.45, 2.75) is 19.1 Å². The Hall–Kier alpha value is -2.91. The molecule has 0 saturated heterocycles. The molecular weight excluding hydrogens is 394 g/mol. The molecule has 0 fully saturated rings. The highest BCUT2D eigenvalue weighted by atomic mass is 32.2. The summed E-state index contributed by atoms with van der Waals surface area (Å²) in [5.74, 6) is -0.289. The minimum absolute atomic E-state index is 0.220. The van der Waals surface area contributed by atoms with Crippen molar-refractivity contribution in [2.75, 3.05) is 25.5 Å². The van der Waals surface area contributed by atoms with E-state index in [1.807, 2.05) is 6.92 Å². The van der Waals surface area contributed by atoms with E-state index in [0.717, 1.165) is 0 Å². The van der Waals surface area contributed by atoms with Crippen molar-refractivity contribution in [1.29, 1.82) is 0 Å². The number of sulfonamides is 1. The predicted molar refractivity (Wildman–Crippen MR) is 110 cm³/mol. The van der Waals surface area contributed by atoms with Crippen LogP contribution in [-0.2, 0) is 20.6 Å². The van der Waals surface area contributed by atoms with E-state index in [9.17, 15) is 13.2 Å². The molecule has 29 heavy (non-hydrogen) atoms. The highest BCUT2D eigenvalue weighted by Crippen LogP contribution is 2.24. The molecule has 0 aliphatic carbocycles. The van der Waals surface area contributed by atoms with E-state index in [1.165, 1.54) is 11.4 Å². The van der Waals surface area contributed by atoms with E-state index < -0.39 is 15.9 Å². The minimum Gasteiger partial charge on any atom is -0.495 e. The van der Waals surface area contributed by atoms with E-state index in [0.29, 0.717) is 34.5 Å². The van der Waals surface area contributed by atoms with E-state index in [1.54, 1.807) is 48.5 Å². The first kappa shape index (κ1) is 20.8. The second-order valence-corrected chi connectivity index (χ2v) is 8.43. The molecule has 0 aliphatic heterocycles. The first-order valence-electron chi connectivity index (χ1n) is 9.18. The zero-order chi connectivity index (χ0) is 20.9. The number of aromatic nitrogens is 1. The van der Waals surface area contributed by atoms with Crippen LogP contribution in [0.4, 0.5) is 5.69 Å². The third-order valence-corrected chi connectivity index (χ3v) is 6.08. The van der Waals surface area contributed by atoms with Crippen LogP contribution in [0.3, 0.4) is 0 Å². The van der Waals surface area contributed by atoms with Gasteiger partial charge in [0.2, 0.25) is 15.9 Å². The van der Waals surface area contributed by atoms with Gasteiger partial charge < -0.3 is 14.6 Å². The van der Waals surface area contributed by atoms with E-state index in [-0.39, 0.29) is 18.8 Å². The summed E-state index contributed by atoms with van der Waals surface area (Å²) >= 11 is 0. The van der Waals surface area contributed by atoms with Crippen LogP contribution in [0.15, 0.2) is 53.1 Å². The molecule has 154 valence electrons. The number of para-hydroxylation sites is 3. The largest absolute Gasteiger partial charge is 0.495 e. The Bertz CT molecular complexity index is 1090. The fourth-order valence-electron chi connectivity index (χ4n) is 2.97. The van der Waals surface area contributed by atoms with Crippen LogP contribution in [0, 0.1) is 0 Å². The second kappa shape index (κ2) is 9.06. The van der Waals surface area contributed by atoms with Crippen molar-refractivity contribution in [3.05, 3.63) is 54.2 Å². The lowest BCUT2D eigenvalue weighted by Crippen LogP contribution is -2.39. The molecule has 0 radical (unpaired) electrons. The van der Waals surface area contributed by atoms with Crippen LogP contribution in [0.1, 0.15) is 19.0 Å². The molecule has 0 bridgehead atoms. The van der Waals surface area contributed by atoms with Crippen molar-refractivity contribution >= 4 is 32.6 Å². The quantitative estimate of drug-likeness (QED) is 0.574. The Labute approximate surface area is 169 Å². The van der Waals surface area contributed by atoms with Gasteiger partial charge in [0.1, 0.15) is 17.2 Å². The Morgan fingerprint density at radius 3 is 2.66 bits per heavy atom. The summed E-state index contributed by atoms with van der Waals surface area (Å²) in [5, 5.41) is 7.25. The number of anilines is 1. The number of ether oxygens (including phenoxy) is 1. The first-order valence-corrected chi connectivity index (χ1v) is 10.8. The van der Waals surface area contributed by atoms with E-state index >= 15 is 0 Å².